The molecule has 2 N–H and O–H groups in total. The number of rotatable bonds is 8. The molecule has 4 aromatic rings. The van der Waals surface area contributed by atoms with Crippen LogP contribution in [-0.4, -0.2) is 25.8 Å². The van der Waals surface area contributed by atoms with Crippen molar-refractivity contribution in [1.82, 2.24) is 19.7 Å². The number of aryl methyl sites for hydroxylation is 1. The molecule has 3 aromatic heterocycles. The minimum atomic E-state index is -4.86. The number of aromatic amines is 1. The maximum atomic E-state index is 14.8. The van der Waals surface area contributed by atoms with Gasteiger partial charge in [0.1, 0.15) is 22.1 Å². The molecule has 0 amide bonds. The number of halogens is 6. The monoisotopic (exact) mass is 543 g/mol. The Balaban J connectivity index is 1.47. The van der Waals surface area contributed by atoms with E-state index in [2.05, 4.69) is 15.4 Å². The van der Waals surface area contributed by atoms with Crippen molar-refractivity contribution in [2.24, 2.45) is 0 Å². The Morgan fingerprint density at radius 3 is 2.65 bits per heavy atom. The van der Waals surface area contributed by atoms with Crippen LogP contribution in [0.25, 0.3) is 21.3 Å². The lowest BCUT2D eigenvalue weighted by Crippen LogP contribution is -2.27. The van der Waals surface area contributed by atoms with Gasteiger partial charge in [-0.2, -0.15) is 18.3 Å². The van der Waals surface area contributed by atoms with E-state index in [9.17, 15) is 35.9 Å². The van der Waals surface area contributed by atoms with Gasteiger partial charge in [0.05, 0.1) is 17.3 Å². The van der Waals surface area contributed by atoms with Crippen LogP contribution in [0, 0.1) is 5.82 Å². The van der Waals surface area contributed by atoms with Gasteiger partial charge in [-0.1, -0.05) is 0 Å². The lowest BCUT2D eigenvalue weighted by molar-refractivity contribution is -0.138. The second-order valence-corrected chi connectivity index (χ2v) is 9.14. The highest BCUT2D eigenvalue weighted by Crippen LogP contribution is 2.33. The zero-order valence-electron chi connectivity index (χ0n) is 19.1. The molecule has 0 bridgehead atoms. The molecule has 0 unspecified atom stereocenters. The Morgan fingerprint density at radius 2 is 1.97 bits per heavy atom. The lowest BCUT2D eigenvalue weighted by atomic mass is 10.1. The number of aromatic nitrogens is 4. The molecule has 196 valence electrons. The van der Waals surface area contributed by atoms with E-state index in [0.717, 1.165) is 29.0 Å². The molecule has 0 saturated carbocycles. The van der Waals surface area contributed by atoms with E-state index >= 15 is 0 Å². The molecule has 37 heavy (non-hydrogen) atoms. The highest BCUT2D eigenvalue weighted by atomic mass is 32.1. The highest BCUT2D eigenvalue weighted by molar-refractivity contribution is 7.13. The third-order valence-corrected chi connectivity index (χ3v) is 6.51. The lowest BCUT2D eigenvalue weighted by Gasteiger charge is -2.18. The molecule has 14 heteroatoms. The number of hydrogen-bond acceptors (Lipinski definition) is 6. The maximum absolute atomic E-state index is 14.8. The second-order valence-electron chi connectivity index (χ2n) is 8.28. The Hall–Kier alpha value is -3.68. The van der Waals surface area contributed by atoms with Crippen LogP contribution in [0.3, 0.4) is 0 Å². The van der Waals surface area contributed by atoms with E-state index in [1.54, 1.807) is 18.1 Å². The van der Waals surface area contributed by atoms with Crippen LogP contribution in [0.4, 0.5) is 32.0 Å². The summed E-state index contributed by atoms with van der Waals surface area (Å²) in [7, 11) is 0. The van der Waals surface area contributed by atoms with Gasteiger partial charge in [0, 0.05) is 29.7 Å². The van der Waals surface area contributed by atoms with E-state index in [1.165, 1.54) is 16.8 Å². The molecule has 1 atom stereocenters. The molecule has 3 heterocycles. The zero-order valence-corrected chi connectivity index (χ0v) is 19.9. The molecule has 4 rings (SSSR count). The normalized spacial score (nSPS) is 12.9. The first-order valence-electron chi connectivity index (χ1n) is 10.9. The van der Waals surface area contributed by atoms with Crippen LogP contribution < -0.4 is 16.4 Å². The van der Waals surface area contributed by atoms with Crippen molar-refractivity contribution in [3.63, 3.8) is 0 Å². The topological polar surface area (TPSA) is 92.7 Å². The molecular weight excluding hydrogens is 524 g/mol. The third-order valence-electron chi connectivity index (χ3n) is 5.62. The van der Waals surface area contributed by atoms with Crippen molar-refractivity contribution in [1.29, 1.82) is 0 Å². The van der Waals surface area contributed by atoms with Crippen LogP contribution in [0.5, 0.6) is 0 Å². The van der Waals surface area contributed by atoms with Crippen molar-refractivity contribution in [2.75, 3.05) is 5.32 Å². The summed E-state index contributed by atoms with van der Waals surface area (Å²) in [4.78, 5) is 28.2. The fourth-order valence-electron chi connectivity index (χ4n) is 3.85. The molecule has 0 saturated heterocycles. The second kappa shape index (κ2) is 10.4. The minimum Gasteiger partial charge on any atom is -0.381 e. The van der Waals surface area contributed by atoms with Crippen molar-refractivity contribution in [2.45, 2.75) is 45.0 Å². The summed E-state index contributed by atoms with van der Waals surface area (Å²) in [6.07, 6.45) is -4.53. The number of alkyl halides is 5. The third kappa shape index (κ3) is 5.68. The number of nitrogens with one attached hydrogen (secondary N) is 2. The number of thiazole rings is 1. The van der Waals surface area contributed by atoms with Gasteiger partial charge < -0.3 is 9.88 Å². The molecular formula is C23H19F6N5O2S. The molecule has 0 fully saturated rings. The van der Waals surface area contributed by atoms with Crippen LogP contribution in [-0.2, 0) is 12.7 Å². The fraction of sp³-hybridized carbons (Fsp3) is 0.304. The Kier molecular flexibility index (Phi) is 7.39. The first-order valence-corrected chi connectivity index (χ1v) is 11.8. The van der Waals surface area contributed by atoms with Crippen molar-refractivity contribution in [3.05, 3.63) is 73.8 Å². The van der Waals surface area contributed by atoms with Gasteiger partial charge in [-0.05, 0) is 43.4 Å². The van der Waals surface area contributed by atoms with E-state index in [-0.39, 0.29) is 22.5 Å². The summed E-state index contributed by atoms with van der Waals surface area (Å²) in [6.45, 7) is 1.83. The summed E-state index contributed by atoms with van der Waals surface area (Å²) < 4.78 is 81.4. The Morgan fingerprint density at radius 1 is 1.22 bits per heavy atom. The number of benzene rings is 1. The maximum Gasteiger partial charge on any atom is 0.423 e. The molecule has 0 spiro atoms. The minimum absolute atomic E-state index is 0.00825. The predicted octanol–water partition coefficient (Wildman–Crippen LogP) is 5.58. The predicted molar refractivity (Wildman–Crippen MR) is 126 cm³/mol. The van der Waals surface area contributed by atoms with E-state index in [0.29, 0.717) is 18.2 Å². The van der Waals surface area contributed by atoms with Gasteiger partial charge in [0.15, 0.2) is 0 Å². The summed E-state index contributed by atoms with van der Waals surface area (Å²) in [5, 5.41) is 9.52. The standard InChI is InChI=1S/C23H19F6N5O2S/c1-11(31-16-9-30-33-20(35)18(16)23(27,28)29)3-2-5-34-6-4-12-7-14(15(24)8-13(12)22(34)36)21-32-17(10-37-21)19(25)26/h4,6-11,19H,2-3,5H2,1H3,(H2,31,33,35)/t11-/m0/s1. The smallest absolute Gasteiger partial charge is 0.381 e. The van der Waals surface area contributed by atoms with Gasteiger partial charge in [-0.15, -0.1) is 11.3 Å². The SMILES string of the molecule is C[C@@H](CCCn1ccc2cc(-c3nc(C(F)F)cs3)c(F)cc2c1=O)Nc1cn[nH]c(=O)c1C(F)(F)F. The average Bonchev–Trinajstić information content (AvgIpc) is 3.30. The molecule has 0 aliphatic heterocycles. The molecule has 7 nitrogen and oxygen atoms in total. The zero-order chi connectivity index (χ0) is 26.9. The fourth-order valence-corrected chi connectivity index (χ4v) is 4.68. The van der Waals surface area contributed by atoms with Crippen molar-refractivity contribution >= 4 is 27.8 Å². The van der Waals surface area contributed by atoms with Crippen LogP contribution in [0.2, 0.25) is 0 Å². The highest BCUT2D eigenvalue weighted by Gasteiger charge is 2.37. The van der Waals surface area contributed by atoms with Crippen LogP contribution >= 0.6 is 11.3 Å². The number of fused-ring (bicyclic) bond motifs is 1. The quantitative estimate of drug-likeness (QED) is 0.283. The number of pyridine rings is 1. The summed E-state index contributed by atoms with van der Waals surface area (Å²) in [6, 6.07) is 3.51. The Bertz CT molecular complexity index is 1550. The number of hydrogen-bond donors (Lipinski definition) is 2. The van der Waals surface area contributed by atoms with Gasteiger partial charge in [0.25, 0.3) is 17.5 Å². The number of nitrogens with zero attached hydrogens (tertiary/aromatic N) is 3. The number of anilines is 1. The summed E-state index contributed by atoms with van der Waals surface area (Å²) in [5.41, 5.74) is -4.10. The Labute approximate surface area is 208 Å². The largest absolute Gasteiger partial charge is 0.423 e. The molecule has 0 aliphatic rings. The van der Waals surface area contributed by atoms with Crippen molar-refractivity contribution < 1.29 is 26.3 Å². The molecule has 0 aliphatic carbocycles. The molecule has 0 radical (unpaired) electrons. The van der Waals surface area contributed by atoms with Crippen LogP contribution in [0.15, 0.2) is 45.6 Å². The van der Waals surface area contributed by atoms with Gasteiger partial charge >= 0.3 is 6.18 Å². The number of H-pyrrole nitrogens is 1. The van der Waals surface area contributed by atoms with Gasteiger partial charge in [0.2, 0.25) is 0 Å². The van der Waals surface area contributed by atoms with Crippen molar-refractivity contribution in [3.8, 4) is 10.6 Å². The molecule has 1 aromatic carbocycles. The van der Waals surface area contributed by atoms with Gasteiger partial charge in [-0.25, -0.2) is 23.3 Å². The van der Waals surface area contributed by atoms with E-state index in [1.807, 2.05) is 0 Å². The van der Waals surface area contributed by atoms with Crippen LogP contribution in [0.1, 0.15) is 37.4 Å². The average molecular weight is 543 g/mol. The van der Waals surface area contributed by atoms with Gasteiger partial charge in [-0.3, -0.25) is 9.59 Å². The summed E-state index contributed by atoms with van der Waals surface area (Å²) >= 11 is 0.872. The summed E-state index contributed by atoms with van der Waals surface area (Å²) in [5.74, 6) is -0.776. The van der Waals surface area contributed by atoms with E-state index < -0.39 is 52.5 Å². The first-order chi connectivity index (χ1) is 17.5. The van der Waals surface area contributed by atoms with E-state index in [4.69, 9.17) is 0 Å². The first kappa shape index (κ1) is 26.4.